The first-order valence-corrected chi connectivity index (χ1v) is 7.57. The zero-order valence-electron chi connectivity index (χ0n) is 14.8. The fourth-order valence-corrected chi connectivity index (χ4v) is 2.56. The molecule has 0 atom stereocenters. The summed E-state index contributed by atoms with van der Waals surface area (Å²) in [6.07, 6.45) is 0. The predicted molar refractivity (Wildman–Crippen MR) is 106 cm³/mol. The summed E-state index contributed by atoms with van der Waals surface area (Å²) >= 11 is 0. The molecule has 1 N–H and O–H groups in total. The van der Waals surface area contributed by atoms with Crippen molar-refractivity contribution in [2.75, 3.05) is 14.1 Å². The maximum Gasteiger partial charge on any atom is 0.193 e. The third kappa shape index (κ3) is 4.93. The van der Waals surface area contributed by atoms with Gasteiger partial charge in [0, 0.05) is 45.5 Å². The van der Waals surface area contributed by atoms with Gasteiger partial charge in [0.2, 0.25) is 0 Å². The van der Waals surface area contributed by atoms with Gasteiger partial charge in [0.25, 0.3) is 0 Å². The van der Waals surface area contributed by atoms with Gasteiger partial charge in [-0.05, 0) is 31.5 Å². The van der Waals surface area contributed by atoms with E-state index in [1.807, 2.05) is 30.6 Å². The average Bonchev–Trinajstić information content (AvgIpc) is 2.76. The van der Waals surface area contributed by atoms with Crippen molar-refractivity contribution in [2.45, 2.75) is 26.9 Å². The van der Waals surface area contributed by atoms with Gasteiger partial charge in [0.05, 0.1) is 5.69 Å². The Hall–Kier alpha value is -1.64. The van der Waals surface area contributed by atoms with Crippen LogP contribution in [0.1, 0.15) is 22.5 Å². The zero-order chi connectivity index (χ0) is 17.0. The van der Waals surface area contributed by atoms with Crippen LogP contribution in [0.3, 0.4) is 0 Å². The van der Waals surface area contributed by atoms with Crippen LogP contribution in [0.2, 0.25) is 0 Å². The summed E-state index contributed by atoms with van der Waals surface area (Å²) in [5.41, 5.74) is 4.38. The second-order valence-electron chi connectivity index (χ2n) is 5.66. The molecule has 5 nitrogen and oxygen atoms in total. The molecule has 24 heavy (non-hydrogen) atoms. The normalized spacial score (nSPS) is 11.2. The second kappa shape index (κ2) is 9.00. The molecule has 132 valence electrons. The van der Waals surface area contributed by atoms with Crippen molar-refractivity contribution in [1.82, 2.24) is 20.0 Å². The van der Waals surface area contributed by atoms with E-state index < -0.39 is 0 Å². The van der Waals surface area contributed by atoms with Gasteiger partial charge in [0.15, 0.2) is 5.96 Å². The summed E-state index contributed by atoms with van der Waals surface area (Å²) in [4.78, 5) is 6.32. The Labute approximate surface area is 160 Å². The largest absolute Gasteiger partial charge is 0.352 e. The first-order chi connectivity index (χ1) is 10.9. The Kier molecular flexibility index (Phi) is 7.65. The highest BCUT2D eigenvalue weighted by Gasteiger charge is 2.12. The molecule has 0 saturated heterocycles. The minimum Gasteiger partial charge on any atom is -0.352 e. The van der Waals surface area contributed by atoms with E-state index in [1.165, 1.54) is 17.7 Å². The Morgan fingerprint density at radius 3 is 2.42 bits per heavy atom. The van der Waals surface area contributed by atoms with Gasteiger partial charge in [0.1, 0.15) is 5.82 Å². The van der Waals surface area contributed by atoms with Crippen LogP contribution in [0.25, 0.3) is 0 Å². The third-order valence-corrected chi connectivity index (χ3v) is 3.99. The summed E-state index contributed by atoms with van der Waals surface area (Å²) in [7, 11) is 5.66. The van der Waals surface area contributed by atoms with Crippen LogP contribution in [0.5, 0.6) is 0 Å². The van der Waals surface area contributed by atoms with Crippen LogP contribution in [-0.4, -0.2) is 34.7 Å². The van der Waals surface area contributed by atoms with Gasteiger partial charge in [-0.1, -0.05) is 12.1 Å². The van der Waals surface area contributed by atoms with Crippen LogP contribution in [0.4, 0.5) is 4.39 Å². The number of aromatic nitrogens is 2. The Morgan fingerprint density at radius 1 is 1.29 bits per heavy atom. The third-order valence-electron chi connectivity index (χ3n) is 3.99. The van der Waals surface area contributed by atoms with E-state index in [0.717, 1.165) is 22.9 Å². The van der Waals surface area contributed by atoms with E-state index in [4.69, 9.17) is 0 Å². The monoisotopic (exact) mass is 445 g/mol. The number of nitrogens with zero attached hydrogens (tertiary/aromatic N) is 4. The molecule has 0 aliphatic heterocycles. The molecule has 0 bridgehead atoms. The van der Waals surface area contributed by atoms with Crippen molar-refractivity contribution in [3.05, 3.63) is 52.6 Å². The molecule has 1 aromatic carbocycles. The van der Waals surface area contributed by atoms with Crippen LogP contribution >= 0.6 is 24.0 Å². The molecule has 0 unspecified atom stereocenters. The number of nitrogens with one attached hydrogen (secondary N) is 1. The molecule has 2 aromatic rings. The molecule has 1 heterocycles. The highest BCUT2D eigenvalue weighted by atomic mass is 127. The molecule has 0 fully saturated rings. The summed E-state index contributed by atoms with van der Waals surface area (Å²) in [5.74, 6) is 0.568. The zero-order valence-corrected chi connectivity index (χ0v) is 17.1. The van der Waals surface area contributed by atoms with E-state index >= 15 is 0 Å². The number of hydrogen-bond donors (Lipinski definition) is 1. The first kappa shape index (κ1) is 20.4. The number of hydrogen-bond acceptors (Lipinski definition) is 2. The number of aliphatic imine (C=N–C) groups is 1. The van der Waals surface area contributed by atoms with E-state index in [0.29, 0.717) is 13.1 Å². The van der Waals surface area contributed by atoms with E-state index in [1.54, 1.807) is 19.2 Å². The quantitative estimate of drug-likeness (QED) is 0.447. The van der Waals surface area contributed by atoms with Gasteiger partial charge >= 0.3 is 0 Å². The highest BCUT2D eigenvalue weighted by molar-refractivity contribution is 14.0. The van der Waals surface area contributed by atoms with Gasteiger partial charge in [-0.15, -0.1) is 24.0 Å². The maximum absolute atomic E-state index is 13.0. The minimum atomic E-state index is -0.221. The minimum absolute atomic E-state index is 0. The first-order valence-electron chi connectivity index (χ1n) is 7.57. The molecular weight excluding hydrogens is 420 g/mol. The lowest BCUT2D eigenvalue weighted by Crippen LogP contribution is -2.38. The molecule has 0 saturated carbocycles. The van der Waals surface area contributed by atoms with Gasteiger partial charge in [-0.25, -0.2) is 4.39 Å². The topological polar surface area (TPSA) is 45.5 Å². The highest BCUT2D eigenvalue weighted by Crippen LogP contribution is 2.11. The Morgan fingerprint density at radius 2 is 1.92 bits per heavy atom. The Balaban J connectivity index is 0.00000288. The Bertz CT molecular complexity index is 694. The molecule has 0 aliphatic rings. The SMILES string of the molecule is CN=C(NCc1c(C)nn(C)c1C)N(C)Cc1ccc(F)cc1.I. The van der Waals surface area contributed by atoms with Crippen LogP contribution in [0, 0.1) is 19.7 Å². The predicted octanol–water partition coefficient (Wildman–Crippen LogP) is 3.00. The number of halogens is 2. The van der Waals surface area contributed by atoms with Crippen molar-refractivity contribution in [3.8, 4) is 0 Å². The fourth-order valence-electron chi connectivity index (χ4n) is 2.56. The van der Waals surface area contributed by atoms with Crippen molar-refractivity contribution >= 4 is 29.9 Å². The summed E-state index contributed by atoms with van der Waals surface area (Å²) in [5, 5.41) is 7.78. The maximum atomic E-state index is 13.0. The number of benzene rings is 1. The van der Waals surface area contributed by atoms with Crippen molar-refractivity contribution in [3.63, 3.8) is 0 Å². The number of guanidine groups is 1. The summed E-state index contributed by atoms with van der Waals surface area (Å²) in [6.45, 7) is 5.40. The molecule has 0 radical (unpaired) electrons. The van der Waals surface area contributed by atoms with Crippen LogP contribution in [-0.2, 0) is 20.1 Å². The molecule has 1 aromatic heterocycles. The number of aryl methyl sites for hydroxylation is 2. The lowest BCUT2D eigenvalue weighted by molar-refractivity contribution is 0.476. The lowest BCUT2D eigenvalue weighted by atomic mass is 10.2. The summed E-state index contributed by atoms with van der Waals surface area (Å²) in [6, 6.07) is 6.52. The molecule has 7 heteroatoms. The number of rotatable bonds is 4. The van der Waals surface area contributed by atoms with Gasteiger partial charge in [-0.2, -0.15) is 5.10 Å². The van der Waals surface area contributed by atoms with Crippen molar-refractivity contribution in [1.29, 1.82) is 0 Å². The lowest BCUT2D eigenvalue weighted by Gasteiger charge is -2.22. The molecule has 2 rings (SSSR count). The standard InChI is InChI=1S/C17H24FN5.HI/c1-12-16(13(2)23(5)21-12)10-20-17(19-3)22(4)11-14-6-8-15(18)9-7-14;/h6-9H,10-11H2,1-5H3,(H,19,20);1H. The van der Waals surface area contributed by atoms with Gasteiger partial charge in [-0.3, -0.25) is 9.67 Å². The molecule has 0 spiro atoms. The van der Waals surface area contributed by atoms with Crippen molar-refractivity contribution < 1.29 is 4.39 Å². The van der Waals surface area contributed by atoms with Crippen LogP contribution < -0.4 is 5.32 Å². The fraction of sp³-hybridized carbons (Fsp3) is 0.412. The second-order valence-corrected chi connectivity index (χ2v) is 5.66. The summed E-state index contributed by atoms with van der Waals surface area (Å²) < 4.78 is 14.9. The van der Waals surface area contributed by atoms with Crippen LogP contribution in [0.15, 0.2) is 29.3 Å². The molecular formula is C17H25FIN5. The molecule has 0 amide bonds. The van der Waals surface area contributed by atoms with E-state index in [2.05, 4.69) is 22.3 Å². The van der Waals surface area contributed by atoms with E-state index in [-0.39, 0.29) is 29.8 Å². The van der Waals surface area contributed by atoms with E-state index in [9.17, 15) is 4.39 Å². The average molecular weight is 445 g/mol. The smallest absolute Gasteiger partial charge is 0.193 e. The molecule has 0 aliphatic carbocycles. The van der Waals surface area contributed by atoms with Crippen molar-refractivity contribution in [2.24, 2.45) is 12.0 Å². The van der Waals surface area contributed by atoms with Gasteiger partial charge < -0.3 is 10.2 Å².